The summed E-state index contributed by atoms with van der Waals surface area (Å²) in [6.45, 7) is 22.4. The van der Waals surface area contributed by atoms with Crippen LogP contribution < -0.4 is 9.80 Å². The van der Waals surface area contributed by atoms with Crippen LogP contribution in [0.15, 0.2) is 156 Å². The molecule has 4 aliphatic rings. The van der Waals surface area contributed by atoms with Crippen LogP contribution in [-0.2, 0) is 5.41 Å². The Labute approximate surface area is 361 Å². The summed E-state index contributed by atoms with van der Waals surface area (Å²) in [4.78, 5) is 14.9. The molecule has 4 heteroatoms. The van der Waals surface area contributed by atoms with Gasteiger partial charge in [0.25, 0.3) is 0 Å². The highest BCUT2D eigenvalue weighted by Gasteiger charge is 2.53. The maximum Gasteiger partial charge on any atom is 0.102 e. The molecule has 0 amide bonds. The van der Waals surface area contributed by atoms with Gasteiger partial charge in [-0.25, -0.2) is 0 Å². The summed E-state index contributed by atoms with van der Waals surface area (Å²) in [5.74, 6) is 2.13. The van der Waals surface area contributed by atoms with Gasteiger partial charge < -0.3 is 9.80 Å². The van der Waals surface area contributed by atoms with Crippen molar-refractivity contribution in [2.45, 2.75) is 96.8 Å². The number of benzene rings is 7. The molecular formula is C57H54N4. The van der Waals surface area contributed by atoms with E-state index in [1.54, 1.807) is 0 Å². The Kier molecular flexibility index (Phi) is 7.67. The highest BCUT2D eigenvalue weighted by atomic mass is 15.3. The third-order valence-corrected chi connectivity index (χ3v) is 15.6. The summed E-state index contributed by atoms with van der Waals surface area (Å²) in [6.07, 6.45) is 0. The van der Waals surface area contributed by atoms with Gasteiger partial charge in [0, 0.05) is 11.4 Å². The van der Waals surface area contributed by atoms with Crippen molar-refractivity contribution < 1.29 is 0 Å². The van der Waals surface area contributed by atoms with Crippen molar-refractivity contribution in [1.82, 2.24) is 0 Å². The minimum Gasteiger partial charge on any atom is -0.322 e. The number of hydrogen-bond acceptors (Lipinski definition) is 4. The van der Waals surface area contributed by atoms with Crippen LogP contribution in [0.3, 0.4) is 0 Å². The van der Waals surface area contributed by atoms with E-state index in [1.807, 2.05) is 0 Å². The molecule has 11 rings (SSSR count). The lowest BCUT2D eigenvalue weighted by Crippen LogP contribution is -2.52. The first-order chi connectivity index (χ1) is 29.1. The Balaban J connectivity index is 1.04. The van der Waals surface area contributed by atoms with Crippen molar-refractivity contribution in [3.8, 4) is 44.5 Å². The van der Waals surface area contributed by atoms with E-state index >= 15 is 0 Å². The Morgan fingerprint density at radius 1 is 0.393 bits per heavy atom. The van der Waals surface area contributed by atoms with Crippen LogP contribution in [0.2, 0.25) is 0 Å². The molecule has 0 radical (unpaired) electrons. The molecule has 4 nitrogen and oxygen atoms in total. The van der Waals surface area contributed by atoms with Gasteiger partial charge in [0.1, 0.15) is 11.7 Å². The fourth-order valence-corrected chi connectivity index (χ4v) is 11.5. The first-order valence-electron chi connectivity index (χ1n) is 21.9. The van der Waals surface area contributed by atoms with Gasteiger partial charge in [-0.1, -0.05) is 109 Å². The van der Waals surface area contributed by atoms with Crippen LogP contribution in [0.25, 0.3) is 55.3 Å². The lowest BCUT2D eigenvalue weighted by atomic mass is 9.69. The average Bonchev–Trinajstić information content (AvgIpc) is 3.82. The van der Waals surface area contributed by atoms with Gasteiger partial charge in [0.15, 0.2) is 0 Å². The Morgan fingerprint density at radius 3 is 1.31 bits per heavy atom. The molecule has 61 heavy (non-hydrogen) atoms. The van der Waals surface area contributed by atoms with E-state index in [0.29, 0.717) is 0 Å². The smallest absolute Gasteiger partial charge is 0.102 e. The largest absolute Gasteiger partial charge is 0.322 e. The summed E-state index contributed by atoms with van der Waals surface area (Å²) in [7, 11) is 0. The van der Waals surface area contributed by atoms with Crippen LogP contribution >= 0.6 is 0 Å². The normalized spacial score (nSPS) is 19.1. The number of rotatable bonds is 4. The van der Waals surface area contributed by atoms with E-state index < -0.39 is 5.41 Å². The molecule has 2 aliphatic heterocycles. The monoisotopic (exact) mass is 794 g/mol. The maximum atomic E-state index is 5.05. The topological polar surface area (TPSA) is 31.2 Å². The predicted molar refractivity (Wildman–Crippen MR) is 259 cm³/mol. The van der Waals surface area contributed by atoms with Crippen LogP contribution in [0.5, 0.6) is 0 Å². The maximum absolute atomic E-state index is 5.05. The molecule has 2 aliphatic carbocycles. The second kappa shape index (κ2) is 12.4. The number of amidine groups is 2. The standard InChI is InChI=1S/C57H54N4/c1-35-58-53(3,4)55(7,8)60(35)42-26-19-37(20-27-42)39-23-30-44-41(33-39)25-32-48-47-31-24-40(38-21-28-43(29-22-38)61-36(2)59-54(5,6)56(61,9)10)34-51(47)57(52(44)48)49-17-13-11-15-45(49)46-16-12-14-18-50(46)57/h11-34H,1-10H3. The van der Waals surface area contributed by atoms with Crippen LogP contribution in [0.4, 0.5) is 11.4 Å². The van der Waals surface area contributed by atoms with Gasteiger partial charge in [-0.2, -0.15) is 0 Å². The first kappa shape index (κ1) is 37.7. The molecule has 7 aromatic rings. The molecule has 302 valence electrons. The van der Waals surface area contributed by atoms with Crippen LogP contribution in [0, 0.1) is 0 Å². The van der Waals surface area contributed by atoms with E-state index in [9.17, 15) is 0 Å². The zero-order valence-corrected chi connectivity index (χ0v) is 37.1. The number of fused-ring (bicyclic) bond motifs is 12. The van der Waals surface area contributed by atoms with Gasteiger partial charge >= 0.3 is 0 Å². The molecule has 0 fully saturated rings. The summed E-state index contributed by atoms with van der Waals surface area (Å²) in [5, 5.41) is 2.55. The second-order valence-corrected chi connectivity index (χ2v) is 19.8. The van der Waals surface area contributed by atoms with E-state index in [4.69, 9.17) is 9.98 Å². The van der Waals surface area contributed by atoms with Crippen molar-refractivity contribution in [3.63, 3.8) is 0 Å². The van der Waals surface area contributed by atoms with Crippen molar-refractivity contribution in [1.29, 1.82) is 0 Å². The highest BCUT2D eigenvalue weighted by molar-refractivity contribution is 6.06. The van der Waals surface area contributed by atoms with Crippen molar-refractivity contribution >= 4 is 33.8 Å². The lowest BCUT2D eigenvalue weighted by molar-refractivity contribution is 0.338. The Hall–Kier alpha value is -6.26. The van der Waals surface area contributed by atoms with Crippen molar-refractivity contribution in [2.75, 3.05) is 9.80 Å². The first-order valence-corrected chi connectivity index (χ1v) is 21.9. The summed E-state index contributed by atoms with van der Waals surface area (Å²) >= 11 is 0. The van der Waals surface area contributed by atoms with E-state index in [2.05, 4.69) is 225 Å². The minimum atomic E-state index is -0.467. The van der Waals surface area contributed by atoms with E-state index in [-0.39, 0.29) is 22.2 Å². The number of nitrogens with zero attached hydrogens (tertiary/aromatic N) is 4. The molecule has 1 spiro atoms. The van der Waals surface area contributed by atoms with Gasteiger partial charge in [0.05, 0.1) is 27.6 Å². The molecule has 0 aromatic heterocycles. The number of aliphatic imine (C=N–C) groups is 2. The quantitative estimate of drug-likeness (QED) is 0.178. The molecule has 2 heterocycles. The second-order valence-electron chi connectivity index (χ2n) is 19.8. The fraction of sp³-hybridized carbons (Fsp3) is 0.263. The average molecular weight is 795 g/mol. The lowest BCUT2D eigenvalue weighted by Gasteiger charge is -2.41. The molecule has 7 aromatic carbocycles. The molecule has 0 N–H and O–H groups in total. The van der Waals surface area contributed by atoms with Gasteiger partial charge in [-0.3, -0.25) is 9.98 Å². The Bertz CT molecular complexity index is 3000. The summed E-state index contributed by atoms with van der Waals surface area (Å²) < 4.78 is 0. The minimum absolute atomic E-state index is 0.129. The van der Waals surface area contributed by atoms with E-state index in [1.165, 1.54) is 88.9 Å². The molecule has 0 atom stereocenters. The molecule has 0 unspecified atom stereocenters. The van der Waals surface area contributed by atoms with E-state index in [0.717, 1.165) is 11.7 Å². The Morgan fingerprint density at radius 2 is 0.820 bits per heavy atom. The predicted octanol–water partition coefficient (Wildman–Crippen LogP) is 14.1. The van der Waals surface area contributed by atoms with Crippen LogP contribution in [0.1, 0.15) is 91.5 Å². The SMILES string of the molecule is CC1=NC(C)(C)C(C)(C)N1c1ccc(-c2ccc3c(c2)C2(c4ccccc4-c4ccccc42)c2c-3ccc3cc(-c4ccc(N5C(C)=NC(C)(C)C5(C)C)cc4)ccc23)cc1. The van der Waals surface area contributed by atoms with Gasteiger partial charge in [0.2, 0.25) is 0 Å². The third kappa shape index (κ3) is 4.93. The molecule has 0 saturated heterocycles. The van der Waals surface area contributed by atoms with Gasteiger partial charge in [-0.05, 0) is 183 Å². The van der Waals surface area contributed by atoms with Gasteiger partial charge in [-0.15, -0.1) is 0 Å². The zero-order valence-electron chi connectivity index (χ0n) is 37.1. The van der Waals surface area contributed by atoms with Crippen molar-refractivity contribution in [3.05, 3.63) is 168 Å². The van der Waals surface area contributed by atoms with Crippen molar-refractivity contribution in [2.24, 2.45) is 9.98 Å². The number of anilines is 2. The zero-order chi connectivity index (χ0) is 42.4. The third-order valence-electron chi connectivity index (χ3n) is 15.6. The number of hydrogen-bond donors (Lipinski definition) is 0. The molecule has 0 bridgehead atoms. The van der Waals surface area contributed by atoms with Crippen LogP contribution in [-0.4, -0.2) is 33.8 Å². The molecule has 0 saturated carbocycles. The summed E-state index contributed by atoms with van der Waals surface area (Å²) in [6, 6.07) is 55.5. The summed E-state index contributed by atoms with van der Waals surface area (Å²) in [5.41, 5.74) is 16.8. The highest BCUT2D eigenvalue weighted by Crippen LogP contribution is 2.64. The molecular weight excluding hydrogens is 741 g/mol. The fourth-order valence-electron chi connectivity index (χ4n) is 11.5.